The molecule has 8 aromatic carbocycles. The Hall–Kier alpha value is -10.6. The fraction of sp³-hybridized carbons (Fsp3) is 0. The van der Waals surface area contributed by atoms with Gasteiger partial charge in [0, 0.05) is 12.1 Å². The summed E-state index contributed by atoms with van der Waals surface area (Å²) in [5.41, 5.74) is -3.16. The molecule has 0 radical (unpaired) electrons. The molecular formula is C54H40N10O25S6. The molecule has 8 rings (SSSR count). The van der Waals surface area contributed by atoms with Crippen molar-refractivity contribution in [1.82, 2.24) is 0 Å². The van der Waals surface area contributed by atoms with E-state index in [-0.39, 0.29) is 67.8 Å². The number of rotatable bonds is 23. The van der Waals surface area contributed by atoms with Gasteiger partial charge in [-0.2, -0.15) is 86.4 Å². The van der Waals surface area contributed by atoms with Crippen molar-refractivity contribution in [1.29, 1.82) is 0 Å². The minimum Gasteiger partial charge on any atom is -0.872 e. The number of carbonyl (C=O) groups is 2. The lowest BCUT2D eigenvalue weighted by atomic mass is 10.1. The Balaban J connectivity index is 0.992. The lowest BCUT2D eigenvalue weighted by Gasteiger charge is -2.15. The summed E-state index contributed by atoms with van der Waals surface area (Å²) in [6.45, 7) is 0. The summed E-state index contributed by atoms with van der Waals surface area (Å²) in [5, 5.41) is 80.4. The number of quaternary nitrogens is 1. The largest absolute Gasteiger partial charge is 0.872 e. The summed E-state index contributed by atoms with van der Waals surface area (Å²) in [5.74, 6) is -4.51. The van der Waals surface area contributed by atoms with Gasteiger partial charge >= 0.3 is 11.9 Å². The van der Waals surface area contributed by atoms with Crippen LogP contribution in [0.3, 0.4) is 0 Å². The quantitative estimate of drug-likeness (QED) is 0.0123. The number of azo groups is 4. The molecule has 0 saturated carbocycles. The molecule has 0 amide bonds. The average Bonchev–Trinajstić information content (AvgIpc) is 0.827. The first kappa shape index (κ1) is 70.2. The maximum absolute atomic E-state index is 12.7. The van der Waals surface area contributed by atoms with Crippen LogP contribution in [0.1, 0.15) is 43.0 Å². The first-order valence-electron chi connectivity index (χ1n) is 25.4. The van der Waals surface area contributed by atoms with Gasteiger partial charge in [0.15, 0.2) is 5.69 Å². The van der Waals surface area contributed by atoms with Gasteiger partial charge in [0.1, 0.15) is 52.1 Å². The monoisotopic (exact) mass is 1420 g/mol. The number of hydrogen-bond acceptors (Lipinski definition) is 26. The highest BCUT2D eigenvalue weighted by atomic mass is 32.2. The van der Waals surface area contributed by atoms with E-state index in [1.807, 2.05) is 0 Å². The van der Waals surface area contributed by atoms with Crippen LogP contribution in [0.25, 0.3) is 24.3 Å². The number of hydrogen-bond donors (Lipinski definition) is 12. The zero-order valence-corrected chi connectivity index (χ0v) is 51.7. The average molecular weight is 1420 g/mol. The van der Waals surface area contributed by atoms with Crippen molar-refractivity contribution < 1.29 is 118 Å². The zero-order chi connectivity index (χ0) is 69.8. The number of phenols is 1. The maximum Gasteiger partial charge on any atom is 0.339 e. The first-order valence-corrected chi connectivity index (χ1v) is 34.0. The van der Waals surface area contributed by atoms with Crippen LogP contribution in [0.2, 0.25) is 0 Å². The number of carboxylic acid groups (broad SMARTS) is 2. The van der Waals surface area contributed by atoms with Crippen molar-refractivity contribution in [3.8, 4) is 11.5 Å². The highest BCUT2D eigenvalue weighted by Crippen LogP contribution is 2.36. The molecule has 0 aromatic heterocycles. The standard InChI is InChI=1S/C54H40N10O25S6/c65-45-19-14-33(21-41(45)53(67)68)59-61-43-17-12-37(25-51(43)94(84,85)86)57-55-35-9-5-29(47(23-35)90(72,73)74)1-2-31-7-11-39(27-49(31)92(78,79)80)63-64(71)40-16-8-32(50(28-40)93(81,82)83)4-3-30-6-10-36(24-48(30)91(75,76)77)56-58-38-13-18-44(52(26-38)95(87,88)89)62-60-34-15-20-46(66)42(22-34)54(69)70/h1-28,63,65-66,71H,(H,67,68)(H,69,70)(H,72,73,74)(H,75,76,77)(H,78,79,80)(H,81,82,83)(H,84,85,86)(H,87,88,89)/b2-1+,4-3+,57-55?,58-56?,61-59?,62-60?. The van der Waals surface area contributed by atoms with Crippen LogP contribution >= 0.6 is 0 Å². The summed E-state index contributed by atoms with van der Waals surface area (Å²) in [4.78, 5) is 17.5. The fourth-order valence-corrected chi connectivity index (χ4v) is 12.3. The smallest absolute Gasteiger partial charge is 0.339 e. The van der Waals surface area contributed by atoms with Crippen molar-refractivity contribution in [2.75, 3.05) is 5.43 Å². The number of benzene rings is 8. The van der Waals surface area contributed by atoms with Gasteiger partial charge < -0.3 is 20.4 Å². The van der Waals surface area contributed by atoms with E-state index in [0.29, 0.717) is 0 Å². The molecular weight excluding hydrogens is 1380 g/mol. The number of nitrogens with one attached hydrogen (secondary N) is 2. The zero-order valence-electron chi connectivity index (χ0n) is 46.8. The van der Waals surface area contributed by atoms with Crippen molar-refractivity contribution in [3.63, 3.8) is 0 Å². The lowest BCUT2D eigenvalue weighted by Crippen LogP contribution is -3.08. The van der Waals surface area contributed by atoms with Gasteiger partial charge in [0.2, 0.25) is 0 Å². The van der Waals surface area contributed by atoms with Crippen LogP contribution in [-0.2, 0) is 60.7 Å². The third-order valence-electron chi connectivity index (χ3n) is 12.5. The maximum atomic E-state index is 12.7. The number of aromatic carboxylic acids is 2. The van der Waals surface area contributed by atoms with Crippen LogP contribution in [0.15, 0.2) is 216 Å². The third-order valence-corrected chi connectivity index (χ3v) is 17.9. The minimum absolute atomic E-state index is 0.133. The van der Waals surface area contributed by atoms with E-state index in [2.05, 4.69) is 46.3 Å². The molecule has 1 unspecified atom stereocenters. The molecule has 0 aliphatic carbocycles. The topological polar surface area (TPSA) is 580 Å². The molecule has 0 aliphatic heterocycles. The van der Waals surface area contributed by atoms with Gasteiger partial charge in [-0.05, 0) is 131 Å². The Labute approximate surface area is 535 Å². The summed E-state index contributed by atoms with van der Waals surface area (Å²) < 4.78 is 211. The van der Waals surface area contributed by atoms with Crippen molar-refractivity contribution in [3.05, 3.63) is 179 Å². The van der Waals surface area contributed by atoms with Gasteiger partial charge in [-0.1, -0.05) is 59.5 Å². The second-order valence-corrected chi connectivity index (χ2v) is 27.4. The normalized spacial score (nSPS) is 13.3. The molecule has 8 aromatic rings. The molecule has 1 atom stereocenters. The van der Waals surface area contributed by atoms with Crippen LogP contribution in [0.4, 0.5) is 56.9 Å². The predicted octanol–water partition coefficient (Wildman–Crippen LogP) is 9.28. The van der Waals surface area contributed by atoms with Crippen molar-refractivity contribution >= 4 is 154 Å². The van der Waals surface area contributed by atoms with E-state index in [1.54, 1.807) is 0 Å². The van der Waals surface area contributed by atoms with E-state index >= 15 is 0 Å². The van der Waals surface area contributed by atoms with E-state index in [0.717, 1.165) is 170 Å². The van der Waals surface area contributed by atoms with Gasteiger partial charge in [-0.15, -0.1) is 10.2 Å². The second kappa shape index (κ2) is 27.5. The van der Waals surface area contributed by atoms with E-state index < -0.39 is 141 Å². The Kier molecular flexibility index (Phi) is 20.3. The summed E-state index contributed by atoms with van der Waals surface area (Å²) >= 11 is 0. The van der Waals surface area contributed by atoms with Crippen LogP contribution in [0, 0.1) is 0 Å². The summed E-state index contributed by atoms with van der Waals surface area (Å²) in [6, 6.07) is 23.6. The lowest BCUT2D eigenvalue weighted by molar-refractivity contribution is -1.02. The molecule has 492 valence electrons. The Bertz CT molecular complexity index is 5420. The van der Waals surface area contributed by atoms with E-state index in [1.165, 1.54) is 0 Å². The molecule has 0 fully saturated rings. The minimum atomic E-state index is -5.22. The van der Waals surface area contributed by atoms with Crippen molar-refractivity contribution in [2.45, 2.75) is 29.4 Å². The van der Waals surface area contributed by atoms with E-state index in [9.17, 15) is 113 Å². The molecule has 0 spiro atoms. The van der Waals surface area contributed by atoms with Gasteiger partial charge in [-0.3, -0.25) is 27.3 Å². The molecule has 0 heterocycles. The number of carboxylic acids is 2. The van der Waals surface area contributed by atoms with Gasteiger partial charge in [0.25, 0.3) is 60.7 Å². The second-order valence-electron chi connectivity index (χ2n) is 19.0. The molecule has 35 nitrogen and oxygen atoms in total. The Morgan fingerprint density at radius 2 is 0.674 bits per heavy atom. The van der Waals surface area contributed by atoms with Crippen LogP contribution in [-0.4, -0.2) is 110 Å². The van der Waals surface area contributed by atoms with E-state index in [4.69, 9.17) is 0 Å². The molecule has 41 heteroatoms. The Morgan fingerprint density at radius 3 is 1.07 bits per heavy atom. The molecule has 0 aliphatic rings. The molecule has 95 heavy (non-hydrogen) atoms. The fourth-order valence-electron chi connectivity index (χ4n) is 8.14. The first-order chi connectivity index (χ1) is 44.2. The molecule has 0 bridgehead atoms. The molecule has 12 N–H and O–H groups in total. The summed E-state index contributed by atoms with van der Waals surface area (Å²) in [6.07, 6.45) is 3.94. The third kappa shape index (κ3) is 17.9. The predicted molar refractivity (Wildman–Crippen MR) is 326 cm³/mol. The SMILES string of the molecule is O=C(O)c1cc(N=Nc2ccc(N=Nc3ccc(/C=C/c4ccc(N[NH+](O)c5ccc(/C=C/c6ccc(N=Nc7ccc(N=Nc8ccc(O)c(C(=O)O)c8)c(S(=O)(=O)O)c7)cc6S(=O)(=O)O)c(S(=O)(=O)O)c5)cc4S(=O)(=O)O)c(S(=O)(=O)O)c3)cc2S(=O)(=O)O)ccc1[O-]. The summed E-state index contributed by atoms with van der Waals surface area (Å²) in [7, 11) is -30.8. The van der Waals surface area contributed by atoms with Crippen LogP contribution < -0.4 is 15.7 Å². The highest BCUT2D eigenvalue weighted by Gasteiger charge is 2.25. The van der Waals surface area contributed by atoms with Crippen molar-refractivity contribution in [2.24, 2.45) is 40.9 Å². The number of aromatic hydroxyl groups is 1. The van der Waals surface area contributed by atoms with Crippen LogP contribution in [0.5, 0.6) is 11.5 Å². The molecule has 0 saturated heterocycles. The number of nitrogens with zero attached hydrogens (tertiary/aromatic N) is 8. The van der Waals surface area contributed by atoms with Gasteiger partial charge in [0.05, 0.1) is 45.4 Å². The van der Waals surface area contributed by atoms with Gasteiger partial charge in [-0.25, -0.2) is 15.0 Å². The number of anilines is 1. The highest BCUT2D eigenvalue weighted by molar-refractivity contribution is 7.87. The Morgan fingerprint density at radius 1 is 0.368 bits per heavy atom.